The zero-order valence-corrected chi connectivity index (χ0v) is 39.6. The lowest BCUT2D eigenvalue weighted by Gasteiger charge is -2.18. The molecule has 0 spiro atoms. The van der Waals surface area contributed by atoms with Crippen molar-refractivity contribution in [1.29, 1.82) is 0 Å². The molecule has 0 saturated carbocycles. The number of ketones is 2. The van der Waals surface area contributed by atoms with Gasteiger partial charge < -0.3 is 0 Å². The highest BCUT2D eigenvalue weighted by Crippen LogP contribution is 2.40. The summed E-state index contributed by atoms with van der Waals surface area (Å²) in [6.45, 7) is 0. The third kappa shape index (κ3) is 12.6. The number of halogens is 6. The fraction of sp³-hybridized carbons (Fsp3) is 0.100. The molecule has 0 atom stereocenters. The number of hydrogen-bond donors (Lipinski definition) is 0. The number of hydrogen-bond acceptors (Lipinski definition) is 7. The van der Waals surface area contributed by atoms with E-state index in [-0.39, 0.29) is 22.9 Å². The number of rotatable bonds is 14. The molecule has 0 aliphatic heterocycles. The summed E-state index contributed by atoms with van der Waals surface area (Å²) >= 11 is 1.23. The van der Waals surface area contributed by atoms with Crippen molar-refractivity contribution in [3.05, 3.63) is 283 Å². The molecule has 1 heterocycles. The van der Waals surface area contributed by atoms with Crippen LogP contribution in [0.4, 0.5) is 37.7 Å². The molecule has 13 heteroatoms. The van der Waals surface area contributed by atoms with Gasteiger partial charge in [0.15, 0.2) is 11.6 Å². The molecule has 0 unspecified atom stereocenters. The second kappa shape index (κ2) is 21.9. The summed E-state index contributed by atoms with van der Waals surface area (Å²) in [7, 11) is 0. The van der Waals surface area contributed by atoms with Gasteiger partial charge in [-0.1, -0.05) is 121 Å². The molecule has 9 rings (SSSR count). The number of alkyl halides is 6. The summed E-state index contributed by atoms with van der Waals surface area (Å²) in [4.78, 5) is 29.7. The zero-order valence-electron chi connectivity index (χ0n) is 38.7. The summed E-state index contributed by atoms with van der Waals surface area (Å²) < 4.78 is 81.6. The Balaban J connectivity index is 1.23. The Morgan fingerprint density at radius 3 is 0.904 bits per heavy atom. The van der Waals surface area contributed by atoms with Gasteiger partial charge in [-0.05, 0) is 107 Å². The SMILES string of the molecule is O=C1C(Cc2ccccc2)=CC(=C(N=Nc2ccc(C(F)(F)F)cc2)c2ccc(C(N=Nc3ccc(C(F)(F)F)cc3)=C3C=C(Cc4ccccc4)C(=O)C(Cc4ccccc4)=C3)s2)C=C1Cc1ccccc1. The molecule has 0 radical (unpaired) electrons. The average molecular weight is 997 g/mol. The van der Waals surface area contributed by atoms with E-state index in [1.807, 2.05) is 121 Å². The third-order valence-corrected chi connectivity index (χ3v) is 13.1. The minimum atomic E-state index is -4.57. The van der Waals surface area contributed by atoms with Crippen LogP contribution in [0, 0.1) is 0 Å². The zero-order chi connectivity index (χ0) is 51.0. The van der Waals surface area contributed by atoms with Crippen LogP contribution in [-0.2, 0) is 47.6 Å². The van der Waals surface area contributed by atoms with Gasteiger partial charge in [0.05, 0.1) is 32.3 Å². The number of benzene rings is 6. The summed E-state index contributed by atoms with van der Waals surface area (Å²) in [5.41, 5.74) is 5.74. The van der Waals surface area contributed by atoms with Gasteiger partial charge in [0.2, 0.25) is 0 Å². The first-order valence-corrected chi connectivity index (χ1v) is 23.9. The van der Waals surface area contributed by atoms with Crippen molar-refractivity contribution < 1.29 is 35.9 Å². The molecule has 7 aromatic rings. The maximum Gasteiger partial charge on any atom is 0.416 e. The number of thiophene rings is 1. The monoisotopic (exact) mass is 996 g/mol. The van der Waals surface area contributed by atoms with Gasteiger partial charge >= 0.3 is 12.4 Å². The van der Waals surface area contributed by atoms with Gasteiger partial charge in [0.1, 0.15) is 11.4 Å². The summed E-state index contributed by atoms with van der Waals surface area (Å²) in [5.74, 6) is -0.304. The molecule has 73 heavy (non-hydrogen) atoms. The van der Waals surface area contributed by atoms with Crippen LogP contribution in [0.15, 0.2) is 260 Å². The second-order valence-electron chi connectivity index (χ2n) is 17.2. The smallest absolute Gasteiger partial charge is 0.289 e. The highest BCUT2D eigenvalue weighted by molar-refractivity contribution is 7.14. The second-order valence-corrected chi connectivity index (χ2v) is 18.3. The molecule has 0 fully saturated rings. The van der Waals surface area contributed by atoms with Crippen LogP contribution in [0.25, 0.3) is 11.4 Å². The van der Waals surface area contributed by atoms with Crippen molar-refractivity contribution in [3.63, 3.8) is 0 Å². The van der Waals surface area contributed by atoms with E-state index in [4.69, 9.17) is 10.2 Å². The van der Waals surface area contributed by atoms with Gasteiger partial charge in [0, 0.05) is 59.1 Å². The van der Waals surface area contributed by atoms with E-state index < -0.39 is 23.5 Å². The Hall–Kier alpha value is -8.42. The lowest BCUT2D eigenvalue weighted by Crippen LogP contribution is -2.15. The van der Waals surface area contributed by atoms with Crippen molar-refractivity contribution in [1.82, 2.24) is 0 Å². The van der Waals surface area contributed by atoms with Gasteiger partial charge in [-0.15, -0.1) is 21.6 Å². The van der Waals surface area contributed by atoms with E-state index in [1.165, 1.54) is 35.6 Å². The van der Waals surface area contributed by atoms with E-state index in [1.54, 1.807) is 36.4 Å². The third-order valence-electron chi connectivity index (χ3n) is 12.0. The van der Waals surface area contributed by atoms with Crippen LogP contribution in [0.3, 0.4) is 0 Å². The van der Waals surface area contributed by atoms with Crippen molar-refractivity contribution >= 4 is 45.7 Å². The van der Waals surface area contributed by atoms with Crippen LogP contribution in [-0.4, -0.2) is 11.6 Å². The Labute approximate surface area is 421 Å². The number of carbonyl (C=O) groups excluding carboxylic acids is 2. The fourth-order valence-electron chi connectivity index (χ4n) is 8.31. The molecule has 1 aromatic heterocycles. The molecule has 6 aromatic carbocycles. The Bertz CT molecular complexity index is 3050. The van der Waals surface area contributed by atoms with E-state index in [0.717, 1.165) is 46.5 Å². The highest BCUT2D eigenvalue weighted by Gasteiger charge is 2.31. The van der Waals surface area contributed by atoms with Crippen LogP contribution in [0.2, 0.25) is 0 Å². The summed E-state index contributed by atoms with van der Waals surface area (Å²) in [6.07, 6.45) is -0.910. The quantitative estimate of drug-likeness (QED) is 0.0803. The van der Waals surface area contributed by atoms with Crippen LogP contribution < -0.4 is 0 Å². The van der Waals surface area contributed by atoms with Gasteiger partial charge in [-0.2, -0.15) is 36.6 Å². The molecular weight excluding hydrogens is 955 g/mol. The molecule has 2 aliphatic rings. The predicted octanol–water partition coefficient (Wildman–Crippen LogP) is 16.6. The van der Waals surface area contributed by atoms with E-state index in [0.29, 0.717) is 80.3 Å². The minimum Gasteiger partial charge on any atom is -0.289 e. The number of nitrogens with zero attached hydrogens (tertiary/aromatic N) is 4. The largest absolute Gasteiger partial charge is 0.416 e. The average Bonchev–Trinajstić information content (AvgIpc) is 3.87. The number of azo groups is 2. The molecule has 2 aliphatic carbocycles. The molecule has 0 saturated heterocycles. The molecule has 6 nitrogen and oxygen atoms in total. The lowest BCUT2D eigenvalue weighted by molar-refractivity contribution is -0.138. The first-order chi connectivity index (χ1) is 35.2. The number of carbonyl (C=O) groups is 2. The maximum absolute atomic E-state index is 14.3. The summed E-state index contributed by atoms with van der Waals surface area (Å²) in [5, 5.41) is 18.3. The minimum absolute atomic E-state index is 0.143. The summed E-state index contributed by atoms with van der Waals surface area (Å²) in [6, 6.07) is 50.2. The topological polar surface area (TPSA) is 83.6 Å². The van der Waals surface area contributed by atoms with Crippen molar-refractivity contribution in [2.75, 3.05) is 0 Å². The Morgan fingerprint density at radius 1 is 0.370 bits per heavy atom. The van der Waals surface area contributed by atoms with Gasteiger partial charge in [0.25, 0.3) is 0 Å². The normalized spacial score (nSPS) is 14.3. The molecule has 362 valence electrons. The first kappa shape index (κ1) is 49.6. The number of allylic oxidation sites excluding steroid dienone is 10. The van der Waals surface area contributed by atoms with Gasteiger partial charge in [-0.25, -0.2) is 0 Å². The highest BCUT2D eigenvalue weighted by atomic mass is 32.1. The molecular formula is C60H42F6N4O2S. The maximum atomic E-state index is 14.3. The first-order valence-electron chi connectivity index (χ1n) is 23.1. The lowest BCUT2D eigenvalue weighted by atomic mass is 9.86. The van der Waals surface area contributed by atoms with E-state index in [2.05, 4.69) is 10.2 Å². The van der Waals surface area contributed by atoms with E-state index >= 15 is 0 Å². The van der Waals surface area contributed by atoms with Crippen LogP contribution in [0.1, 0.15) is 43.1 Å². The van der Waals surface area contributed by atoms with Gasteiger partial charge in [-0.3, -0.25) is 9.59 Å². The Morgan fingerprint density at radius 2 is 0.644 bits per heavy atom. The molecule has 0 N–H and O–H groups in total. The van der Waals surface area contributed by atoms with Crippen LogP contribution >= 0.6 is 11.3 Å². The fourth-order valence-corrected chi connectivity index (χ4v) is 9.33. The van der Waals surface area contributed by atoms with Crippen molar-refractivity contribution in [2.24, 2.45) is 20.5 Å². The molecule has 0 bridgehead atoms. The van der Waals surface area contributed by atoms with Crippen LogP contribution in [0.5, 0.6) is 0 Å². The predicted molar refractivity (Wildman–Crippen MR) is 273 cm³/mol. The van der Waals surface area contributed by atoms with Crippen molar-refractivity contribution in [2.45, 2.75) is 38.0 Å². The van der Waals surface area contributed by atoms with Crippen molar-refractivity contribution in [3.8, 4) is 0 Å². The standard InChI is InChI=1S/C60H42F6N4O2S/c61-59(62,63)49-21-25-51(26-22-49)67-69-55(43-35-45(31-39-13-5-1-6-14-39)57(71)46(36-43)32-40-15-7-2-8-16-40)53-29-30-54(73-53)56(70-68-52-27-23-50(24-28-52)60(64,65)66)44-37-47(33-41-17-9-3-10-18-41)58(72)48(38-44)34-42-19-11-4-12-20-42/h1-30,35-38H,31-34H2. The van der Waals surface area contributed by atoms with E-state index in [9.17, 15) is 35.9 Å². The molecule has 0 amide bonds. The number of Topliss-reactive ketones (excluding diaryl/α,β-unsaturated/α-hetero) is 2. The Kier molecular flexibility index (Phi) is 14.9.